The maximum atomic E-state index is 10.2. The Kier molecular flexibility index (Phi) is 3.03. The number of hydrogen-bond acceptors (Lipinski definition) is 3. The van der Waals surface area contributed by atoms with E-state index < -0.39 is 0 Å². The Labute approximate surface area is 75.2 Å². The lowest BCUT2D eigenvalue weighted by Gasteiger charge is -2.03. The highest BCUT2D eigenvalue weighted by Gasteiger charge is 2.00. The van der Waals surface area contributed by atoms with Crippen LogP contribution >= 0.6 is 0 Å². The van der Waals surface area contributed by atoms with E-state index in [0.29, 0.717) is 12.1 Å². The number of rotatable bonds is 4. The molecule has 1 aromatic rings. The second kappa shape index (κ2) is 4.25. The predicted octanol–water partition coefficient (Wildman–Crippen LogP) is 0.702. The van der Waals surface area contributed by atoms with Crippen LogP contribution in [-0.4, -0.2) is 17.8 Å². The van der Waals surface area contributed by atoms with Gasteiger partial charge in [0.25, 0.3) is 0 Å². The van der Waals surface area contributed by atoms with Crippen LogP contribution in [0.25, 0.3) is 0 Å². The molecule has 1 amide bonds. The minimum atomic E-state index is -0.0123. The van der Waals surface area contributed by atoms with Crippen molar-refractivity contribution in [3.05, 3.63) is 23.8 Å². The first kappa shape index (κ1) is 9.25. The van der Waals surface area contributed by atoms with Crippen LogP contribution in [0.3, 0.4) is 0 Å². The van der Waals surface area contributed by atoms with Crippen LogP contribution in [0.5, 0.6) is 5.75 Å². The third-order valence-corrected chi connectivity index (χ3v) is 1.59. The summed E-state index contributed by atoms with van der Waals surface area (Å²) in [7, 11) is 0. The van der Waals surface area contributed by atoms with Crippen LogP contribution in [0.1, 0.15) is 5.56 Å². The third-order valence-electron chi connectivity index (χ3n) is 1.59. The monoisotopic (exact) mass is 179 g/mol. The molecule has 0 saturated carbocycles. The molecule has 0 aliphatic rings. The van der Waals surface area contributed by atoms with Gasteiger partial charge in [-0.05, 0) is 17.7 Å². The van der Waals surface area contributed by atoms with Gasteiger partial charge in [0.05, 0.1) is 5.69 Å². The summed E-state index contributed by atoms with van der Waals surface area (Å²) in [5.74, 6) is -0.0123. The molecule has 0 heterocycles. The third kappa shape index (κ3) is 2.30. The van der Waals surface area contributed by atoms with Gasteiger partial charge in [0, 0.05) is 6.42 Å². The molecule has 0 fully saturated rings. The molecule has 0 radical (unpaired) electrons. The molecule has 68 valence electrons. The van der Waals surface area contributed by atoms with E-state index in [-0.39, 0.29) is 12.2 Å². The number of hydrogen-bond donors (Lipinski definition) is 2. The maximum absolute atomic E-state index is 10.2. The van der Waals surface area contributed by atoms with E-state index in [1.165, 1.54) is 6.07 Å². The van der Waals surface area contributed by atoms with Gasteiger partial charge in [-0.25, -0.2) is 0 Å². The number of aromatic hydroxyl groups is 1. The van der Waals surface area contributed by atoms with Crippen LogP contribution in [0.4, 0.5) is 5.69 Å². The van der Waals surface area contributed by atoms with Crippen molar-refractivity contribution in [2.75, 3.05) is 5.32 Å². The van der Waals surface area contributed by atoms with Gasteiger partial charge in [0.15, 0.2) is 0 Å². The average Bonchev–Trinajstić information content (AvgIpc) is 2.12. The van der Waals surface area contributed by atoms with Crippen molar-refractivity contribution < 1.29 is 14.7 Å². The van der Waals surface area contributed by atoms with E-state index in [9.17, 15) is 14.7 Å². The normalized spacial score (nSPS) is 9.23. The second-order valence-electron chi connectivity index (χ2n) is 2.48. The SMILES string of the molecule is O=CCc1ccc(O)c(NC=O)c1. The largest absolute Gasteiger partial charge is 0.506 e. The molecule has 13 heavy (non-hydrogen) atoms. The summed E-state index contributed by atoms with van der Waals surface area (Å²) in [5, 5.41) is 11.6. The van der Waals surface area contributed by atoms with Gasteiger partial charge in [-0.1, -0.05) is 6.07 Å². The van der Waals surface area contributed by atoms with Gasteiger partial charge < -0.3 is 15.2 Å². The number of phenolic OH excluding ortho intramolecular Hbond substituents is 1. The maximum Gasteiger partial charge on any atom is 0.211 e. The number of carbonyl (C=O) groups is 2. The molecular formula is C9H9NO3. The first-order chi connectivity index (χ1) is 6.27. The molecule has 4 heteroatoms. The van der Waals surface area contributed by atoms with E-state index >= 15 is 0 Å². The lowest BCUT2D eigenvalue weighted by atomic mass is 10.1. The van der Waals surface area contributed by atoms with Gasteiger partial charge >= 0.3 is 0 Å². The molecule has 1 aromatic carbocycles. The fourth-order valence-corrected chi connectivity index (χ4v) is 0.985. The number of anilines is 1. The zero-order valence-corrected chi connectivity index (χ0v) is 6.86. The summed E-state index contributed by atoms with van der Waals surface area (Å²) in [5.41, 5.74) is 1.06. The minimum Gasteiger partial charge on any atom is -0.506 e. The van der Waals surface area contributed by atoms with Crippen LogP contribution in [0, 0.1) is 0 Å². The number of benzene rings is 1. The summed E-state index contributed by atoms with van der Waals surface area (Å²) >= 11 is 0. The van der Waals surface area contributed by atoms with Gasteiger partial charge in [-0.3, -0.25) is 4.79 Å². The molecule has 0 bridgehead atoms. The first-order valence-electron chi connectivity index (χ1n) is 3.73. The number of amides is 1. The van der Waals surface area contributed by atoms with Gasteiger partial charge in [-0.15, -0.1) is 0 Å². The number of carbonyl (C=O) groups excluding carboxylic acids is 2. The number of aldehydes is 1. The highest BCUT2D eigenvalue weighted by Crippen LogP contribution is 2.23. The standard InChI is InChI=1S/C9H9NO3/c11-4-3-7-1-2-9(13)8(5-7)10-6-12/h1-2,4-6,13H,3H2,(H,10,12). The van der Waals surface area contributed by atoms with Crippen molar-refractivity contribution in [3.63, 3.8) is 0 Å². The smallest absolute Gasteiger partial charge is 0.211 e. The predicted molar refractivity (Wildman–Crippen MR) is 47.6 cm³/mol. The summed E-state index contributed by atoms with van der Waals surface area (Å²) in [6.45, 7) is 0. The van der Waals surface area contributed by atoms with Gasteiger partial charge in [-0.2, -0.15) is 0 Å². The van der Waals surface area contributed by atoms with Crippen molar-refractivity contribution in [2.24, 2.45) is 0 Å². The highest BCUT2D eigenvalue weighted by molar-refractivity contribution is 5.76. The highest BCUT2D eigenvalue weighted by atomic mass is 16.3. The van der Waals surface area contributed by atoms with Crippen molar-refractivity contribution in [1.29, 1.82) is 0 Å². The van der Waals surface area contributed by atoms with Crippen molar-refractivity contribution in [3.8, 4) is 5.75 Å². The average molecular weight is 179 g/mol. The van der Waals surface area contributed by atoms with E-state index in [4.69, 9.17) is 0 Å². The van der Waals surface area contributed by atoms with Gasteiger partial charge in [0.2, 0.25) is 6.41 Å². The molecule has 1 rings (SSSR count). The Morgan fingerprint density at radius 2 is 2.15 bits per heavy atom. The lowest BCUT2D eigenvalue weighted by molar-refractivity contribution is -0.107. The van der Waals surface area contributed by atoms with Crippen LogP contribution in [-0.2, 0) is 16.0 Å². The Hall–Kier alpha value is -1.84. The molecule has 4 nitrogen and oxygen atoms in total. The van der Waals surface area contributed by atoms with Crippen LogP contribution in [0.15, 0.2) is 18.2 Å². The Bertz CT molecular complexity index is 323. The fourth-order valence-electron chi connectivity index (χ4n) is 0.985. The number of phenols is 1. The van der Waals surface area contributed by atoms with Crippen molar-refractivity contribution in [2.45, 2.75) is 6.42 Å². The Morgan fingerprint density at radius 1 is 1.38 bits per heavy atom. The van der Waals surface area contributed by atoms with Crippen LogP contribution in [0.2, 0.25) is 0 Å². The van der Waals surface area contributed by atoms with E-state index in [2.05, 4.69) is 5.32 Å². The summed E-state index contributed by atoms with van der Waals surface area (Å²) in [6, 6.07) is 4.61. The first-order valence-corrected chi connectivity index (χ1v) is 3.73. The molecular weight excluding hydrogens is 170 g/mol. The van der Waals surface area contributed by atoms with Crippen molar-refractivity contribution in [1.82, 2.24) is 0 Å². The molecule has 2 N–H and O–H groups in total. The topological polar surface area (TPSA) is 66.4 Å². The molecule has 0 saturated heterocycles. The molecule has 0 atom stereocenters. The van der Waals surface area contributed by atoms with Crippen molar-refractivity contribution >= 4 is 18.4 Å². The second-order valence-corrected chi connectivity index (χ2v) is 2.48. The molecule has 0 aromatic heterocycles. The summed E-state index contributed by atoms with van der Waals surface area (Å²) < 4.78 is 0. The van der Waals surface area contributed by atoms with E-state index in [0.717, 1.165) is 11.8 Å². The zero-order chi connectivity index (χ0) is 9.68. The summed E-state index contributed by atoms with van der Waals surface area (Å²) in [4.78, 5) is 20.3. The minimum absolute atomic E-state index is 0.0123. The quantitative estimate of drug-likeness (QED) is 0.528. The fraction of sp³-hybridized carbons (Fsp3) is 0.111. The molecule has 0 unspecified atom stereocenters. The summed E-state index contributed by atoms with van der Waals surface area (Å²) in [6.07, 6.45) is 1.50. The van der Waals surface area contributed by atoms with E-state index in [1.54, 1.807) is 12.1 Å². The lowest BCUT2D eigenvalue weighted by Crippen LogP contribution is -1.95. The zero-order valence-electron chi connectivity index (χ0n) is 6.86. The number of nitrogens with one attached hydrogen (secondary N) is 1. The Morgan fingerprint density at radius 3 is 2.77 bits per heavy atom. The molecule has 0 aliphatic carbocycles. The van der Waals surface area contributed by atoms with Gasteiger partial charge in [0.1, 0.15) is 12.0 Å². The van der Waals surface area contributed by atoms with Crippen LogP contribution < -0.4 is 5.32 Å². The van der Waals surface area contributed by atoms with E-state index in [1.807, 2.05) is 0 Å². The molecule has 0 aliphatic heterocycles. The molecule has 0 spiro atoms. The Balaban J connectivity index is 2.95.